The molecule has 2 atom stereocenters. The van der Waals surface area contributed by atoms with Gasteiger partial charge in [-0.2, -0.15) is 11.8 Å². The van der Waals surface area contributed by atoms with E-state index < -0.39 is 18.6 Å². The van der Waals surface area contributed by atoms with Crippen LogP contribution in [0.15, 0.2) is 0 Å². The molecule has 0 radical (unpaired) electrons. The Morgan fingerprint density at radius 2 is 1.41 bits per heavy atom. The summed E-state index contributed by atoms with van der Waals surface area (Å²) >= 11 is 1.51. The highest BCUT2D eigenvalue weighted by molar-refractivity contribution is 7.99. The van der Waals surface area contributed by atoms with Gasteiger partial charge in [-0.25, -0.2) is 4.79 Å². The number of hydrogen-bond donors (Lipinski definition) is 2. The zero-order valence-corrected chi connectivity index (χ0v) is 22.6. The van der Waals surface area contributed by atoms with E-state index in [0.29, 0.717) is 24.5 Å². The van der Waals surface area contributed by atoms with Crippen molar-refractivity contribution in [3.63, 3.8) is 0 Å². The number of ether oxygens (including phenoxy) is 2. The van der Waals surface area contributed by atoms with Crippen LogP contribution >= 0.6 is 11.8 Å². The number of hydrogen-bond acceptors (Lipinski definition) is 7. The number of carbonyl (C=O) groups is 3. The summed E-state index contributed by atoms with van der Waals surface area (Å²) in [5.74, 6) is -0.352. The van der Waals surface area contributed by atoms with Gasteiger partial charge in [-0.15, -0.1) is 0 Å². The molecule has 0 unspecified atom stereocenters. The molecule has 0 bridgehead atoms. The third-order valence-electron chi connectivity index (χ3n) is 5.78. The van der Waals surface area contributed by atoms with Crippen molar-refractivity contribution in [1.82, 2.24) is 5.32 Å². The first kappa shape index (κ1) is 32.7. The summed E-state index contributed by atoms with van der Waals surface area (Å²) in [6, 6.07) is -1.05. The van der Waals surface area contributed by atoms with Gasteiger partial charge in [-0.3, -0.25) is 9.59 Å². The van der Waals surface area contributed by atoms with Crippen LogP contribution in [0.4, 0.5) is 0 Å². The van der Waals surface area contributed by atoms with Crippen LogP contribution < -0.4 is 5.32 Å². The van der Waals surface area contributed by atoms with Gasteiger partial charge in [0, 0.05) is 23.8 Å². The molecule has 8 heteroatoms. The molecule has 0 spiro atoms. The quantitative estimate of drug-likeness (QED) is 0.149. The van der Waals surface area contributed by atoms with Gasteiger partial charge >= 0.3 is 11.9 Å². The van der Waals surface area contributed by atoms with Crippen molar-refractivity contribution in [3.05, 3.63) is 0 Å². The molecule has 0 heterocycles. The molecule has 0 rings (SSSR count). The van der Waals surface area contributed by atoms with Crippen molar-refractivity contribution in [2.24, 2.45) is 5.92 Å². The Labute approximate surface area is 211 Å². The van der Waals surface area contributed by atoms with E-state index in [1.807, 2.05) is 0 Å². The molecule has 0 saturated heterocycles. The molecule has 0 aromatic heterocycles. The number of rotatable bonds is 23. The highest BCUT2D eigenvalue weighted by atomic mass is 32.2. The number of aliphatic hydroxyl groups is 1. The minimum atomic E-state index is -1.05. The van der Waals surface area contributed by atoms with Crippen LogP contribution in [0.1, 0.15) is 104 Å². The second-order valence-corrected chi connectivity index (χ2v) is 10.1. The van der Waals surface area contributed by atoms with Gasteiger partial charge in [0.05, 0.1) is 13.7 Å². The van der Waals surface area contributed by atoms with E-state index in [1.54, 1.807) is 6.92 Å². The highest BCUT2D eigenvalue weighted by Crippen LogP contribution is 2.13. The first-order chi connectivity index (χ1) is 16.5. The molecule has 0 aliphatic rings. The van der Waals surface area contributed by atoms with Crippen LogP contribution in [0, 0.1) is 5.92 Å². The predicted octanol–water partition coefficient (Wildman–Crippen LogP) is 5.03. The van der Waals surface area contributed by atoms with Crippen molar-refractivity contribution in [2.75, 3.05) is 31.8 Å². The summed E-state index contributed by atoms with van der Waals surface area (Å²) in [4.78, 5) is 35.3. The fraction of sp³-hybridized carbons (Fsp3) is 0.885. The van der Waals surface area contributed by atoms with Gasteiger partial charge in [0.2, 0.25) is 5.91 Å². The summed E-state index contributed by atoms with van der Waals surface area (Å²) in [6.45, 7) is 3.82. The van der Waals surface area contributed by atoms with Crippen molar-refractivity contribution in [2.45, 2.75) is 110 Å². The molecule has 2 N–H and O–H groups in total. The third kappa shape index (κ3) is 19.1. The Morgan fingerprint density at radius 1 is 0.882 bits per heavy atom. The molecular weight excluding hydrogens is 454 g/mol. The Hall–Kier alpha value is -1.28. The van der Waals surface area contributed by atoms with E-state index in [0.717, 1.165) is 12.8 Å². The lowest BCUT2D eigenvalue weighted by Crippen LogP contribution is -2.46. The number of thioether (sulfide) groups is 1. The number of nitrogens with one attached hydrogen (secondary N) is 1. The zero-order chi connectivity index (χ0) is 25.4. The average molecular weight is 504 g/mol. The van der Waals surface area contributed by atoms with Gasteiger partial charge in [0.1, 0.15) is 6.61 Å². The molecule has 0 aromatic rings. The van der Waals surface area contributed by atoms with Crippen molar-refractivity contribution in [1.29, 1.82) is 0 Å². The molecule has 0 aromatic carbocycles. The van der Waals surface area contributed by atoms with Gasteiger partial charge in [0.15, 0.2) is 6.04 Å². The second kappa shape index (κ2) is 23.5. The molecule has 0 fully saturated rings. The van der Waals surface area contributed by atoms with Gasteiger partial charge in [-0.05, 0) is 6.42 Å². The van der Waals surface area contributed by atoms with Crippen molar-refractivity contribution >= 4 is 29.6 Å². The van der Waals surface area contributed by atoms with E-state index in [1.165, 1.54) is 89.5 Å². The standard InChI is InChI=1S/C26H49NO6S/c1-4-5-6-7-8-9-10-11-12-13-14-15-16-17-24(29)33-18-19-34-21-22(2)25(30)27-23(20-28)26(31)32-3/h22-23,28H,4-21H2,1-3H3,(H,27,30)/t22-,23-/m0/s1. The Bertz CT molecular complexity index is 531. The van der Waals surface area contributed by atoms with Crippen molar-refractivity contribution < 1.29 is 29.0 Å². The Morgan fingerprint density at radius 3 is 1.91 bits per heavy atom. The summed E-state index contributed by atoms with van der Waals surface area (Å²) < 4.78 is 9.79. The normalized spacial score (nSPS) is 12.7. The number of esters is 2. The topological polar surface area (TPSA) is 102 Å². The lowest BCUT2D eigenvalue weighted by atomic mass is 10.0. The SMILES string of the molecule is CCCCCCCCCCCCCCCC(=O)OCCSC[C@H](C)C(=O)N[C@@H](CO)C(=O)OC. The monoisotopic (exact) mass is 503 g/mol. The van der Waals surface area contributed by atoms with Gasteiger partial charge < -0.3 is 19.9 Å². The molecule has 34 heavy (non-hydrogen) atoms. The van der Waals surface area contributed by atoms with Crippen LogP contribution in [-0.2, 0) is 23.9 Å². The fourth-order valence-electron chi connectivity index (χ4n) is 3.54. The first-order valence-electron chi connectivity index (χ1n) is 13.2. The maximum Gasteiger partial charge on any atom is 0.330 e. The summed E-state index contributed by atoms with van der Waals surface area (Å²) in [5.41, 5.74) is 0. The maximum atomic E-state index is 12.1. The molecule has 0 aliphatic carbocycles. The smallest absolute Gasteiger partial charge is 0.330 e. The van der Waals surface area contributed by atoms with E-state index in [9.17, 15) is 14.4 Å². The zero-order valence-electron chi connectivity index (χ0n) is 21.8. The Balaban J connectivity index is 3.54. The van der Waals surface area contributed by atoms with E-state index in [2.05, 4.69) is 17.0 Å². The number of methoxy groups -OCH3 is 1. The molecule has 0 aliphatic heterocycles. The largest absolute Gasteiger partial charge is 0.467 e. The maximum absolute atomic E-state index is 12.1. The molecule has 7 nitrogen and oxygen atoms in total. The van der Waals surface area contributed by atoms with Crippen LogP contribution in [0.5, 0.6) is 0 Å². The third-order valence-corrected chi connectivity index (χ3v) is 6.97. The van der Waals surface area contributed by atoms with E-state index in [-0.39, 0.29) is 17.8 Å². The number of unbranched alkanes of at least 4 members (excludes halogenated alkanes) is 12. The lowest BCUT2D eigenvalue weighted by molar-refractivity contribution is -0.146. The highest BCUT2D eigenvalue weighted by Gasteiger charge is 2.23. The molecular formula is C26H49NO6S. The molecule has 200 valence electrons. The van der Waals surface area contributed by atoms with Crippen LogP contribution in [0.3, 0.4) is 0 Å². The van der Waals surface area contributed by atoms with E-state index >= 15 is 0 Å². The van der Waals surface area contributed by atoms with Crippen LogP contribution in [0.25, 0.3) is 0 Å². The lowest BCUT2D eigenvalue weighted by Gasteiger charge is -2.17. The predicted molar refractivity (Wildman–Crippen MR) is 139 cm³/mol. The fourth-order valence-corrected chi connectivity index (χ4v) is 4.42. The molecule has 1 amide bonds. The summed E-state index contributed by atoms with van der Waals surface area (Å²) in [5, 5.41) is 11.6. The minimum absolute atomic E-state index is 0.154. The van der Waals surface area contributed by atoms with Gasteiger partial charge in [-0.1, -0.05) is 90.9 Å². The number of aliphatic hydroxyl groups excluding tert-OH is 1. The number of amides is 1. The van der Waals surface area contributed by atoms with Gasteiger partial charge in [0.25, 0.3) is 0 Å². The summed E-state index contributed by atoms with van der Waals surface area (Å²) in [6.07, 6.45) is 17.1. The minimum Gasteiger partial charge on any atom is -0.467 e. The van der Waals surface area contributed by atoms with Crippen LogP contribution in [-0.4, -0.2) is 60.8 Å². The van der Waals surface area contributed by atoms with E-state index in [4.69, 9.17) is 9.84 Å². The first-order valence-corrected chi connectivity index (χ1v) is 14.3. The molecule has 0 saturated carbocycles. The Kier molecular flexibility index (Phi) is 22.6. The summed E-state index contributed by atoms with van der Waals surface area (Å²) in [7, 11) is 1.20. The average Bonchev–Trinajstić information content (AvgIpc) is 2.84. The van der Waals surface area contributed by atoms with Crippen molar-refractivity contribution in [3.8, 4) is 0 Å². The second-order valence-electron chi connectivity index (χ2n) is 8.96. The van der Waals surface area contributed by atoms with Crippen LogP contribution in [0.2, 0.25) is 0 Å². The number of carbonyl (C=O) groups excluding carboxylic acids is 3.